The van der Waals surface area contributed by atoms with Gasteiger partial charge in [0, 0.05) is 11.8 Å². The summed E-state index contributed by atoms with van der Waals surface area (Å²) < 4.78 is 27.1. The second-order valence-corrected chi connectivity index (χ2v) is 5.32. The van der Waals surface area contributed by atoms with E-state index in [0.29, 0.717) is 16.7 Å². The number of imide groups is 1. The first-order chi connectivity index (χ1) is 9.90. The van der Waals surface area contributed by atoms with Crippen LogP contribution in [0, 0.1) is 11.6 Å². The van der Waals surface area contributed by atoms with Crippen LogP contribution in [0.25, 0.3) is 0 Å². The molecule has 0 fully saturated rings. The van der Waals surface area contributed by atoms with Gasteiger partial charge in [-0.3, -0.25) is 9.59 Å². The average molecular weight is 353 g/mol. The van der Waals surface area contributed by atoms with Gasteiger partial charge in [0.05, 0.1) is 21.3 Å². The second-order valence-electron chi connectivity index (χ2n) is 4.47. The van der Waals surface area contributed by atoms with E-state index in [-0.39, 0.29) is 21.3 Å². The standard InChI is InChI=1S/C14H7BrF2N2O2/c15-9-4-12(11(17)5-10(9)16)19-13(20)7-2-1-6(18)3-8(7)14(19)21/h1-5H,18H2. The van der Waals surface area contributed by atoms with Crippen LogP contribution < -0.4 is 10.6 Å². The van der Waals surface area contributed by atoms with Gasteiger partial charge in [0.25, 0.3) is 11.8 Å². The molecule has 7 heteroatoms. The van der Waals surface area contributed by atoms with Crippen molar-refractivity contribution in [3.05, 3.63) is 57.6 Å². The molecule has 0 aliphatic carbocycles. The van der Waals surface area contributed by atoms with Crippen molar-refractivity contribution in [3.63, 3.8) is 0 Å². The van der Waals surface area contributed by atoms with Crippen LogP contribution in [0.3, 0.4) is 0 Å². The van der Waals surface area contributed by atoms with E-state index in [0.717, 1.165) is 6.07 Å². The topological polar surface area (TPSA) is 63.4 Å². The third-order valence-corrected chi connectivity index (χ3v) is 3.75. The summed E-state index contributed by atoms with van der Waals surface area (Å²) >= 11 is 2.90. The average Bonchev–Trinajstić information content (AvgIpc) is 2.66. The maximum atomic E-state index is 13.9. The first-order valence-corrected chi connectivity index (χ1v) is 6.62. The number of carbonyl (C=O) groups is 2. The molecule has 106 valence electrons. The van der Waals surface area contributed by atoms with Crippen molar-refractivity contribution in [1.29, 1.82) is 0 Å². The lowest BCUT2D eigenvalue weighted by Gasteiger charge is -2.15. The fourth-order valence-electron chi connectivity index (χ4n) is 2.16. The predicted molar refractivity (Wildman–Crippen MR) is 76.1 cm³/mol. The van der Waals surface area contributed by atoms with Crippen LogP contribution >= 0.6 is 15.9 Å². The Morgan fingerprint density at radius 3 is 2.33 bits per heavy atom. The Balaban J connectivity index is 2.16. The molecule has 0 unspecified atom stereocenters. The SMILES string of the molecule is Nc1ccc2c(c1)C(=O)N(c1cc(Br)c(F)cc1F)C2=O. The molecule has 21 heavy (non-hydrogen) atoms. The number of nitrogen functional groups attached to an aromatic ring is 1. The summed E-state index contributed by atoms with van der Waals surface area (Å²) in [6.07, 6.45) is 0. The summed E-state index contributed by atoms with van der Waals surface area (Å²) in [7, 11) is 0. The fourth-order valence-corrected chi connectivity index (χ4v) is 2.49. The van der Waals surface area contributed by atoms with Gasteiger partial charge >= 0.3 is 0 Å². The van der Waals surface area contributed by atoms with Crippen LogP contribution in [0.1, 0.15) is 20.7 Å². The normalized spacial score (nSPS) is 13.8. The molecule has 0 spiro atoms. The van der Waals surface area contributed by atoms with Crippen LogP contribution in [0.2, 0.25) is 0 Å². The summed E-state index contributed by atoms with van der Waals surface area (Å²) in [5.74, 6) is -3.19. The predicted octanol–water partition coefficient (Wildman–Crippen LogP) is 3.11. The lowest BCUT2D eigenvalue weighted by Crippen LogP contribution is -2.30. The van der Waals surface area contributed by atoms with E-state index >= 15 is 0 Å². The summed E-state index contributed by atoms with van der Waals surface area (Å²) in [4.78, 5) is 25.2. The third-order valence-electron chi connectivity index (χ3n) is 3.14. The zero-order chi connectivity index (χ0) is 15.3. The Labute approximate surface area is 126 Å². The van der Waals surface area contributed by atoms with E-state index < -0.39 is 23.4 Å². The van der Waals surface area contributed by atoms with Gasteiger partial charge in [-0.2, -0.15) is 0 Å². The van der Waals surface area contributed by atoms with E-state index in [1.165, 1.54) is 18.2 Å². The molecule has 1 heterocycles. The molecule has 3 rings (SSSR count). The highest BCUT2D eigenvalue weighted by atomic mass is 79.9. The van der Waals surface area contributed by atoms with Crippen molar-refractivity contribution >= 4 is 39.1 Å². The number of nitrogens with zero attached hydrogens (tertiary/aromatic N) is 1. The van der Waals surface area contributed by atoms with E-state index in [4.69, 9.17) is 5.73 Å². The van der Waals surface area contributed by atoms with Gasteiger partial charge in [0.2, 0.25) is 0 Å². The van der Waals surface area contributed by atoms with Crippen molar-refractivity contribution in [1.82, 2.24) is 0 Å². The van der Waals surface area contributed by atoms with Crippen molar-refractivity contribution in [2.24, 2.45) is 0 Å². The molecular formula is C14H7BrF2N2O2. The van der Waals surface area contributed by atoms with Gasteiger partial charge in [0.15, 0.2) is 0 Å². The minimum absolute atomic E-state index is 0.0463. The van der Waals surface area contributed by atoms with Crippen molar-refractivity contribution < 1.29 is 18.4 Å². The fraction of sp³-hybridized carbons (Fsp3) is 0. The molecule has 0 bridgehead atoms. The number of anilines is 2. The molecule has 1 aliphatic heterocycles. The number of halogens is 3. The zero-order valence-electron chi connectivity index (χ0n) is 10.4. The molecule has 0 aromatic heterocycles. The van der Waals surface area contributed by atoms with E-state index in [9.17, 15) is 18.4 Å². The molecule has 0 radical (unpaired) electrons. The lowest BCUT2D eigenvalue weighted by atomic mass is 10.1. The molecule has 1 aliphatic rings. The Hall–Kier alpha value is -2.28. The van der Waals surface area contributed by atoms with Crippen LogP contribution in [0.4, 0.5) is 20.2 Å². The van der Waals surface area contributed by atoms with E-state index in [1.54, 1.807) is 0 Å². The molecule has 0 atom stereocenters. The minimum Gasteiger partial charge on any atom is -0.399 e. The highest BCUT2D eigenvalue weighted by Gasteiger charge is 2.38. The van der Waals surface area contributed by atoms with Gasteiger partial charge in [-0.15, -0.1) is 0 Å². The minimum atomic E-state index is -1.00. The third kappa shape index (κ3) is 2.01. The number of hydrogen-bond acceptors (Lipinski definition) is 3. The Morgan fingerprint density at radius 2 is 1.62 bits per heavy atom. The summed E-state index contributed by atoms with van der Waals surface area (Å²) in [5, 5.41) is 0. The Morgan fingerprint density at radius 1 is 0.952 bits per heavy atom. The number of nitrogens with two attached hydrogens (primary N) is 1. The summed E-state index contributed by atoms with van der Waals surface area (Å²) in [6, 6.07) is 5.89. The van der Waals surface area contributed by atoms with Crippen molar-refractivity contribution in [3.8, 4) is 0 Å². The van der Waals surface area contributed by atoms with Gasteiger partial charge < -0.3 is 5.73 Å². The quantitative estimate of drug-likeness (QED) is 0.487. The van der Waals surface area contributed by atoms with E-state index in [1.807, 2.05) is 0 Å². The number of fused-ring (bicyclic) bond motifs is 1. The number of carbonyl (C=O) groups excluding carboxylic acids is 2. The molecule has 2 N–H and O–H groups in total. The van der Waals surface area contributed by atoms with Crippen molar-refractivity contribution in [2.45, 2.75) is 0 Å². The lowest BCUT2D eigenvalue weighted by molar-refractivity contribution is 0.0924. The van der Waals surface area contributed by atoms with Crippen LogP contribution in [0.15, 0.2) is 34.8 Å². The van der Waals surface area contributed by atoms with E-state index in [2.05, 4.69) is 15.9 Å². The number of hydrogen-bond donors (Lipinski definition) is 1. The van der Waals surface area contributed by atoms with Crippen molar-refractivity contribution in [2.75, 3.05) is 10.6 Å². The van der Waals surface area contributed by atoms with Crippen LogP contribution in [-0.2, 0) is 0 Å². The molecule has 0 saturated carbocycles. The first kappa shape index (κ1) is 13.7. The zero-order valence-corrected chi connectivity index (χ0v) is 11.9. The smallest absolute Gasteiger partial charge is 0.266 e. The Bertz CT molecular complexity index is 808. The molecular weight excluding hydrogens is 346 g/mol. The molecule has 2 amide bonds. The summed E-state index contributed by atoms with van der Waals surface area (Å²) in [5.41, 5.74) is 5.82. The molecule has 0 saturated heterocycles. The first-order valence-electron chi connectivity index (χ1n) is 5.83. The second kappa shape index (κ2) is 4.63. The maximum Gasteiger partial charge on any atom is 0.266 e. The largest absolute Gasteiger partial charge is 0.399 e. The van der Waals surface area contributed by atoms with Crippen LogP contribution in [-0.4, -0.2) is 11.8 Å². The number of benzene rings is 2. The van der Waals surface area contributed by atoms with Gasteiger partial charge in [-0.05, 0) is 40.2 Å². The van der Waals surface area contributed by atoms with Gasteiger partial charge in [-0.25, -0.2) is 13.7 Å². The van der Waals surface area contributed by atoms with Crippen LogP contribution in [0.5, 0.6) is 0 Å². The number of amides is 2. The molecule has 4 nitrogen and oxygen atoms in total. The Kier molecular flexibility index (Phi) is 3.02. The van der Waals surface area contributed by atoms with Gasteiger partial charge in [-0.1, -0.05) is 0 Å². The monoisotopic (exact) mass is 352 g/mol. The number of rotatable bonds is 1. The highest BCUT2D eigenvalue weighted by molar-refractivity contribution is 9.10. The summed E-state index contributed by atoms with van der Waals surface area (Å²) in [6.45, 7) is 0. The highest BCUT2D eigenvalue weighted by Crippen LogP contribution is 2.33. The maximum absolute atomic E-state index is 13.9. The molecule has 2 aromatic carbocycles. The van der Waals surface area contributed by atoms with Gasteiger partial charge in [0.1, 0.15) is 11.6 Å². The molecule has 2 aromatic rings.